The van der Waals surface area contributed by atoms with E-state index in [2.05, 4.69) is 0 Å². The van der Waals surface area contributed by atoms with Gasteiger partial charge in [-0.1, -0.05) is 19.4 Å². The molecule has 0 unspecified atom stereocenters. The van der Waals surface area contributed by atoms with E-state index in [0.29, 0.717) is 6.42 Å². The van der Waals surface area contributed by atoms with Gasteiger partial charge in [0.25, 0.3) is 0 Å². The monoisotopic (exact) mass is 236 g/mol. The highest BCUT2D eigenvalue weighted by atomic mass is 28.5. The Morgan fingerprint density at radius 3 is 2.15 bits per heavy atom. The topological polar surface area (TPSA) is 0 Å². The van der Waals surface area contributed by atoms with Gasteiger partial charge in [0.05, 0.1) is 0 Å². The molecule has 0 bridgehead atoms. The van der Waals surface area contributed by atoms with Gasteiger partial charge in [-0.3, -0.25) is 0 Å². The molecule has 0 amide bonds. The standard InChI is InChI=1S/C6H13F5Si2/c1-2-3-6(7,8)12-4-5-13(9,10)11/h2-5,12H2,1H3. The van der Waals surface area contributed by atoms with Crippen molar-refractivity contribution in [2.75, 3.05) is 0 Å². The van der Waals surface area contributed by atoms with E-state index < -0.39 is 30.2 Å². The summed E-state index contributed by atoms with van der Waals surface area (Å²) in [5.74, 6) is 0. The summed E-state index contributed by atoms with van der Waals surface area (Å²) < 4.78 is 60.6. The largest absolute Gasteiger partial charge is 0.615 e. The molecule has 0 aliphatic carbocycles. The van der Waals surface area contributed by atoms with Crippen LogP contribution in [-0.2, 0) is 0 Å². The highest BCUT2D eigenvalue weighted by Crippen LogP contribution is 2.23. The summed E-state index contributed by atoms with van der Waals surface area (Å²) in [5.41, 5.74) is -2.77. The lowest BCUT2D eigenvalue weighted by molar-refractivity contribution is 0.0797. The molecule has 0 saturated heterocycles. The molecule has 7 heteroatoms. The first-order valence-electron chi connectivity index (χ1n) is 4.21. The van der Waals surface area contributed by atoms with E-state index in [1.165, 1.54) is 0 Å². The Morgan fingerprint density at radius 1 is 1.23 bits per heavy atom. The molecule has 0 spiro atoms. The maximum atomic E-state index is 12.7. The minimum Gasteiger partial charge on any atom is -0.238 e. The molecule has 0 aromatic heterocycles. The molecule has 0 radical (unpaired) electrons. The van der Waals surface area contributed by atoms with Crippen molar-refractivity contribution in [2.24, 2.45) is 0 Å². The summed E-state index contributed by atoms with van der Waals surface area (Å²) >= 11 is 0. The van der Waals surface area contributed by atoms with E-state index in [-0.39, 0.29) is 12.5 Å². The second-order valence-electron chi connectivity index (χ2n) is 3.07. The van der Waals surface area contributed by atoms with Crippen molar-refractivity contribution in [3.8, 4) is 0 Å². The zero-order valence-corrected chi connectivity index (χ0v) is 9.84. The molecule has 0 aromatic carbocycles. The van der Waals surface area contributed by atoms with Crippen LogP contribution in [0.2, 0.25) is 12.1 Å². The summed E-state index contributed by atoms with van der Waals surface area (Å²) in [7, 11) is -7.45. The Bertz CT molecular complexity index is 144. The fourth-order valence-corrected chi connectivity index (χ4v) is 4.47. The maximum Gasteiger partial charge on any atom is 0.615 e. The molecule has 0 saturated carbocycles. The summed E-state index contributed by atoms with van der Waals surface area (Å²) in [4.78, 5) is 0. The van der Waals surface area contributed by atoms with Crippen LogP contribution in [-0.4, -0.2) is 24.1 Å². The Morgan fingerprint density at radius 2 is 1.77 bits per heavy atom. The second kappa shape index (κ2) is 5.09. The van der Waals surface area contributed by atoms with E-state index in [1.54, 1.807) is 6.92 Å². The second-order valence-corrected chi connectivity index (χ2v) is 7.05. The lowest BCUT2D eigenvalue weighted by Crippen LogP contribution is -2.26. The van der Waals surface area contributed by atoms with Gasteiger partial charge in [-0.25, -0.2) is 21.1 Å². The van der Waals surface area contributed by atoms with Gasteiger partial charge < -0.3 is 0 Å². The Labute approximate surface area is 77.9 Å². The average molecular weight is 236 g/mol. The SMILES string of the molecule is CCCC(F)(F)[SiH2]CC[Si](F)(F)F. The van der Waals surface area contributed by atoms with Crippen LogP contribution in [0.3, 0.4) is 0 Å². The number of halogens is 5. The molecule has 80 valence electrons. The molecular formula is C6H13F5Si2. The quantitative estimate of drug-likeness (QED) is 0.378. The van der Waals surface area contributed by atoms with Crippen molar-refractivity contribution in [3.63, 3.8) is 0 Å². The fraction of sp³-hybridized carbons (Fsp3) is 1.00. The molecule has 13 heavy (non-hydrogen) atoms. The Kier molecular flexibility index (Phi) is 5.12. The minimum absolute atomic E-state index is 0.251. The molecule has 0 nitrogen and oxygen atoms in total. The minimum atomic E-state index is -5.58. The van der Waals surface area contributed by atoms with Crippen molar-refractivity contribution in [3.05, 3.63) is 0 Å². The van der Waals surface area contributed by atoms with Crippen molar-refractivity contribution < 1.29 is 21.1 Å². The van der Waals surface area contributed by atoms with Crippen LogP contribution >= 0.6 is 0 Å². The summed E-state index contributed by atoms with van der Waals surface area (Å²) in [6.45, 7) is 1.61. The van der Waals surface area contributed by atoms with Gasteiger partial charge in [-0.2, -0.15) is 0 Å². The maximum absolute atomic E-state index is 12.7. The number of alkyl halides is 2. The van der Waals surface area contributed by atoms with Gasteiger partial charge in [0.2, 0.25) is 5.55 Å². The van der Waals surface area contributed by atoms with Gasteiger partial charge >= 0.3 is 9.08 Å². The molecule has 0 aromatic rings. The van der Waals surface area contributed by atoms with Crippen molar-refractivity contribution in [2.45, 2.75) is 37.4 Å². The molecule has 0 aliphatic rings. The van der Waals surface area contributed by atoms with Gasteiger partial charge in [0.1, 0.15) is 9.52 Å². The third kappa shape index (κ3) is 8.41. The third-order valence-corrected chi connectivity index (χ3v) is 5.04. The predicted molar refractivity (Wildman–Crippen MR) is 47.1 cm³/mol. The molecule has 0 fully saturated rings. The van der Waals surface area contributed by atoms with Gasteiger partial charge in [-0.15, -0.1) is 0 Å². The fourth-order valence-electron chi connectivity index (χ4n) is 1.04. The van der Waals surface area contributed by atoms with Crippen LogP contribution < -0.4 is 0 Å². The third-order valence-electron chi connectivity index (χ3n) is 1.62. The zero-order valence-electron chi connectivity index (χ0n) is 7.43. The lowest BCUT2D eigenvalue weighted by atomic mass is 10.3. The number of hydrogen-bond acceptors (Lipinski definition) is 0. The van der Waals surface area contributed by atoms with Gasteiger partial charge in [0, 0.05) is 12.5 Å². The first kappa shape index (κ1) is 13.1. The molecule has 0 aliphatic heterocycles. The summed E-state index contributed by atoms with van der Waals surface area (Å²) in [6, 6.07) is -1.21. The van der Waals surface area contributed by atoms with Gasteiger partial charge in [-0.05, 0) is 0 Å². The van der Waals surface area contributed by atoms with Crippen LogP contribution in [0.1, 0.15) is 19.8 Å². The first-order chi connectivity index (χ1) is 5.77. The molecule has 0 heterocycles. The summed E-state index contributed by atoms with van der Waals surface area (Å²) in [5, 5.41) is 0. The van der Waals surface area contributed by atoms with Crippen LogP contribution in [0.5, 0.6) is 0 Å². The van der Waals surface area contributed by atoms with Gasteiger partial charge in [0.15, 0.2) is 0 Å². The number of rotatable bonds is 6. The van der Waals surface area contributed by atoms with Crippen molar-refractivity contribution >= 4 is 18.6 Å². The van der Waals surface area contributed by atoms with E-state index in [0.717, 1.165) is 0 Å². The van der Waals surface area contributed by atoms with Crippen molar-refractivity contribution in [1.82, 2.24) is 0 Å². The van der Waals surface area contributed by atoms with Crippen LogP contribution in [0, 0.1) is 0 Å². The van der Waals surface area contributed by atoms with Crippen molar-refractivity contribution in [1.29, 1.82) is 0 Å². The predicted octanol–water partition coefficient (Wildman–Crippen LogP) is 2.81. The van der Waals surface area contributed by atoms with E-state index in [9.17, 15) is 21.1 Å². The van der Waals surface area contributed by atoms with Crippen LogP contribution in [0.15, 0.2) is 0 Å². The Hall–Kier alpha value is 0.0838. The highest BCUT2D eigenvalue weighted by Gasteiger charge is 2.37. The van der Waals surface area contributed by atoms with Crippen LogP contribution in [0.25, 0.3) is 0 Å². The molecule has 0 rings (SSSR count). The zero-order chi connectivity index (χ0) is 10.5. The smallest absolute Gasteiger partial charge is 0.238 e. The number of hydrogen-bond donors (Lipinski definition) is 0. The first-order valence-corrected chi connectivity index (χ1v) is 7.76. The van der Waals surface area contributed by atoms with Crippen LogP contribution in [0.4, 0.5) is 21.1 Å². The van der Waals surface area contributed by atoms with E-state index in [4.69, 9.17) is 0 Å². The Balaban J connectivity index is 3.63. The average Bonchev–Trinajstić information content (AvgIpc) is 1.82. The summed E-state index contributed by atoms with van der Waals surface area (Å²) in [6.07, 6.45) is 0.0854. The molecule has 0 atom stereocenters. The highest BCUT2D eigenvalue weighted by molar-refractivity contribution is 6.60. The van der Waals surface area contributed by atoms with E-state index in [1.807, 2.05) is 0 Å². The normalized spacial score (nSPS) is 14.3. The molecule has 0 N–H and O–H groups in total. The van der Waals surface area contributed by atoms with E-state index >= 15 is 0 Å². The molecular weight excluding hydrogens is 223 g/mol. The lowest BCUT2D eigenvalue weighted by Gasteiger charge is -2.14.